The molecule has 1 aromatic rings. The van der Waals surface area contributed by atoms with E-state index in [9.17, 15) is 9.59 Å². The summed E-state index contributed by atoms with van der Waals surface area (Å²) >= 11 is 3.40. The van der Waals surface area contributed by atoms with Crippen LogP contribution in [0.1, 0.15) is 41.6 Å². The van der Waals surface area contributed by atoms with E-state index in [1.54, 1.807) is 4.90 Å². The zero-order chi connectivity index (χ0) is 14.0. The van der Waals surface area contributed by atoms with Crippen molar-refractivity contribution in [2.75, 3.05) is 7.05 Å². The van der Waals surface area contributed by atoms with E-state index in [-0.39, 0.29) is 11.9 Å². The summed E-state index contributed by atoms with van der Waals surface area (Å²) in [5, 5.41) is 0. The molecule has 102 valence electrons. The van der Waals surface area contributed by atoms with Crippen LogP contribution in [-0.4, -0.2) is 29.7 Å². The lowest BCUT2D eigenvalue weighted by molar-refractivity contribution is -0.121. The number of carbonyl (C=O) groups excluding carboxylic acids is 2. The summed E-state index contributed by atoms with van der Waals surface area (Å²) in [6, 6.07) is 5.92. The number of ketones is 1. The first-order chi connectivity index (χ1) is 8.99. The van der Waals surface area contributed by atoms with Crippen molar-refractivity contribution in [2.45, 2.75) is 38.6 Å². The maximum absolute atomic E-state index is 12.5. The zero-order valence-corrected chi connectivity index (χ0v) is 12.9. The molecule has 0 unspecified atom stereocenters. The summed E-state index contributed by atoms with van der Waals surface area (Å²) in [6.07, 6.45) is 2.77. The number of amides is 1. The van der Waals surface area contributed by atoms with Gasteiger partial charge in [-0.05, 0) is 37.5 Å². The normalized spacial score (nSPS) is 16.5. The molecule has 1 aromatic carbocycles. The molecule has 4 heteroatoms. The van der Waals surface area contributed by atoms with Crippen molar-refractivity contribution in [3.05, 3.63) is 33.8 Å². The van der Waals surface area contributed by atoms with E-state index < -0.39 is 0 Å². The van der Waals surface area contributed by atoms with Crippen LogP contribution in [0.3, 0.4) is 0 Å². The van der Waals surface area contributed by atoms with Crippen LogP contribution in [0.5, 0.6) is 0 Å². The van der Waals surface area contributed by atoms with E-state index >= 15 is 0 Å². The number of rotatable bonds is 2. The molecule has 1 amide bonds. The average Bonchev–Trinajstić information content (AvgIpc) is 2.41. The van der Waals surface area contributed by atoms with Gasteiger partial charge in [0.05, 0.1) is 0 Å². The third kappa shape index (κ3) is 3.24. The Morgan fingerprint density at radius 2 is 1.95 bits per heavy atom. The van der Waals surface area contributed by atoms with E-state index in [4.69, 9.17) is 0 Å². The van der Waals surface area contributed by atoms with Crippen LogP contribution in [0.4, 0.5) is 0 Å². The van der Waals surface area contributed by atoms with Crippen LogP contribution in [-0.2, 0) is 4.79 Å². The topological polar surface area (TPSA) is 37.4 Å². The van der Waals surface area contributed by atoms with Crippen LogP contribution < -0.4 is 0 Å². The Labute approximate surface area is 122 Å². The van der Waals surface area contributed by atoms with Crippen molar-refractivity contribution in [3.8, 4) is 0 Å². The average molecular weight is 324 g/mol. The minimum absolute atomic E-state index is 0.0400. The third-order valence-electron chi connectivity index (χ3n) is 3.81. The van der Waals surface area contributed by atoms with Gasteiger partial charge in [0.25, 0.3) is 5.91 Å². The van der Waals surface area contributed by atoms with Crippen LogP contribution in [0.15, 0.2) is 22.7 Å². The van der Waals surface area contributed by atoms with Crippen molar-refractivity contribution < 1.29 is 9.59 Å². The summed E-state index contributed by atoms with van der Waals surface area (Å²) in [5.41, 5.74) is 1.71. The van der Waals surface area contributed by atoms with Gasteiger partial charge in [0.15, 0.2) is 0 Å². The third-order valence-corrected chi connectivity index (χ3v) is 4.30. The number of hydrogen-bond acceptors (Lipinski definition) is 2. The van der Waals surface area contributed by atoms with E-state index in [1.807, 2.05) is 32.2 Å². The molecule has 0 saturated heterocycles. The Morgan fingerprint density at radius 3 is 2.58 bits per heavy atom. The van der Waals surface area contributed by atoms with Gasteiger partial charge in [0.2, 0.25) is 0 Å². The summed E-state index contributed by atoms with van der Waals surface area (Å²) in [7, 11) is 1.84. The van der Waals surface area contributed by atoms with Gasteiger partial charge in [-0.15, -0.1) is 0 Å². The zero-order valence-electron chi connectivity index (χ0n) is 11.3. The van der Waals surface area contributed by atoms with Gasteiger partial charge in [-0.1, -0.05) is 22.0 Å². The van der Waals surface area contributed by atoms with E-state index in [0.717, 1.165) is 28.4 Å². The maximum atomic E-state index is 12.5. The molecule has 1 saturated carbocycles. The Morgan fingerprint density at radius 1 is 1.32 bits per heavy atom. The second-order valence-electron chi connectivity index (χ2n) is 5.15. The first-order valence-electron chi connectivity index (χ1n) is 6.54. The fraction of sp³-hybridized carbons (Fsp3) is 0.467. The van der Waals surface area contributed by atoms with Gasteiger partial charge in [0, 0.05) is 36.0 Å². The molecule has 0 atom stereocenters. The molecule has 0 aromatic heterocycles. The smallest absolute Gasteiger partial charge is 0.254 e. The lowest BCUT2D eigenvalue weighted by Crippen LogP contribution is -2.39. The van der Waals surface area contributed by atoms with Crippen molar-refractivity contribution in [1.29, 1.82) is 0 Å². The van der Waals surface area contributed by atoms with Crippen LogP contribution in [0.2, 0.25) is 0 Å². The van der Waals surface area contributed by atoms with Gasteiger partial charge in [-0.3, -0.25) is 9.59 Å². The van der Waals surface area contributed by atoms with E-state index in [1.165, 1.54) is 0 Å². The van der Waals surface area contributed by atoms with E-state index in [2.05, 4.69) is 15.9 Å². The highest BCUT2D eigenvalue weighted by Gasteiger charge is 2.26. The highest BCUT2D eigenvalue weighted by atomic mass is 79.9. The molecule has 0 heterocycles. The van der Waals surface area contributed by atoms with Gasteiger partial charge < -0.3 is 4.90 Å². The van der Waals surface area contributed by atoms with Gasteiger partial charge in [-0.25, -0.2) is 0 Å². The summed E-state index contributed by atoms with van der Waals surface area (Å²) < 4.78 is 0.911. The lowest BCUT2D eigenvalue weighted by Gasteiger charge is -2.31. The highest BCUT2D eigenvalue weighted by Crippen LogP contribution is 2.23. The molecule has 1 fully saturated rings. The molecule has 2 rings (SSSR count). The molecule has 1 aliphatic rings. The largest absolute Gasteiger partial charge is 0.339 e. The molecule has 3 nitrogen and oxygen atoms in total. The summed E-state index contributed by atoms with van der Waals surface area (Å²) in [4.78, 5) is 25.6. The molecule has 0 aliphatic heterocycles. The summed E-state index contributed by atoms with van der Waals surface area (Å²) in [6.45, 7) is 1.94. The Hall–Kier alpha value is -1.16. The van der Waals surface area contributed by atoms with Gasteiger partial charge in [-0.2, -0.15) is 0 Å². The molecule has 1 aliphatic carbocycles. The number of carbonyl (C=O) groups is 2. The number of aryl methyl sites for hydroxylation is 1. The number of hydrogen-bond donors (Lipinski definition) is 0. The Kier molecular flexibility index (Phi) is 4.40. The second kappa shape index (κ2) is 5.87. The predicted octanol–water partition coefficient (Wildman–Crippen LogP) is 3.34. The van der Waals surface area contributed by atoms with Gasteiger partial charge in [0.1, 0.15) is 5.78 Å². The standard InChI is InChI=1S/C15H18BrNO2/c1-10-3-4-11(16)9-14(10)15(19)17(2)12-5-7-13(18)8-6-12/h3-4,9,12H,5-8H2,1-2H3. The quantitative estimate of drug-likeness (QED) is 0.837. The first kappa shape index (κ1) is 14.3. The van der Waals surface area contributed by atoms with Crippen LogP contribution in [0.25, 0.3) is 0 Å². The molecule has 0 spiro atoms. The Balaban J connectivity index is 2.14. The molecule has 0 radical (unpaired) electrons. The summed E-state index contributed by atoms with van der Waals surface area (Å²) in [5.74, 6) is 0.355. The molecular weight excluding hydrogens is 306 g/mol. The van der Waals surface area contributed by atoms with Gasteiger partial charge >= 0.3 is 0 Å². The highest BCUT2D eigenvalue weighted by molar-refractivity contribution is 9.10. The molecule has 0 bridgehead atoms. The lowest BCUT2D eigenvalue weighted by atomic mass is 9.93. The van der Waals surface area contributed by atoms with Crippen molar-refractivity contribution in [1.82, 2.24) is 4.90 Å². The van der Waals surface area contributed by atoms with E-state index in [0.29, 0.717) is 18.6 Å². The minimum Gasteiger partial charge on any atom is -0.339 e. The van der Waals surface area contributed by atoms with Crippen molar-refractivity contribution in [3.63, 3.8) is 0 Å². The SMILES string of the molecule is Cc1ccc(Br)cc1C(=O)N(C)C1CCC(=O)CC1. The molecular formula is C15H18BrNO2. The Bertz CT molecular complexity index is 503. The fourth-order valence-corrected chi connectivity index (χ4v) is 2.85. The monoisotopic (exact) mass is 323 g/mol. The van der Waals surface area contributed by atoms with Crippen molar-refractivity contribution in [2.24, 2.45) is 0 Å². The predicted molar refractivity (Wildman–Crippen MR) is 78.2 cm³/mol. The van der Waals surface area contributed by atoms with Crippen LogP contribution >= 0.6 is 15.9 Å². The molecule has 0 N–H and O–H groups in total. The number of benzene rings is 1. The number of halogens is 1. The fourth-order valence-electron chi connectivity index (χ4n) is 2.49. The number of Topliss-reactive ketones (excluding diaryl/α,β-unsaturated/α-hetero) is 1. The minimum atomic E-state index is 0.0400. The second-order valence-corrected chi connectivity index (χ2v) is 6.06. The van der Waals surface area contributed by atoms with Crippen LogP contribution in [0, 0.1) is 6.92 Å². The number of nitrogens with zero attached hydrogens (tertiary/aromatic N) is 1. The first-order valence-corrected chi connectivity index (χ1v) is 7.33. The van der Waals surface area contributed by atoms with Crippen molar-refractivity contribution >= 4 is 27.6 Å². The maximum Gasteiger partial charge on any atom is 0.254 e. The molecule has 19 heavy (non-hydrogen) atoms.